The number of hydrogen-bond donors (Lipinski definition) is 2. The predicted molar refractivity (Wildman–Crippen MR) is 33.7 cm³/mol. The summed E-state index contributed by atoms with van der Waals surface area (Å²) >= 11 is 0. The Balaban J connectivity index is 2.10. The highest BCUT2D eigenvalue weighted by molar-refractivity contribution is 5.77. The standard InChI is InChI=1S/C5H10FN3O/c6-4-2-9(3-4)8-5(10)1-7/h4H,1-3,7H2,(H,8,10). The van der Waals surface area contributed by atoms with E-state index in [4.69, 9.17) is 5.73 Å². The molecular formula is C5H10FN3O. The summed E-state index contributed by atoms with van der Waals surface area (Å²) in [5.74, 6) is -0.271. The highest BCUT2D eigenvalue weighted by Crippen LogP contribution is 2.06. The first-order chi connectivity index (χ1) is 4.72. The normalized spacial score (nSPS) is 20.2. The van der Waals surface area contributed by atoms with Crippen molar-refractivity contribution in [3.05, 3.63) is 0 Å². The Kier molecular flexibility index (Phi) is 2.18. The maximum atomic E-state index is 12.1. The third-order valence-corrected chi connectivity index (χ3v) is 1.31. The van der Waals surface area contributed by atoms with Crippen LogP contribution in [0.25, 0.3) is 0 Å². The van der Waals surface area contributed by atoms with Crippen LogP contribution in [-0.4, -0.2) is 36.7 Å². The van der Waals surface area contributed by atoms with E-state index >= 15 is 0 Å². The van der Waals surface area contributed by atoms with Gasteiger partial charge in [0, 0.05) is 0 Å². The number of nitrogens with one attached hydrogen (secondary N) is 1. The van der Waals surface area contributed by atoms with Crippen LogP contribution in [0, 0.1) is 0 Å². The largest absolute Gasteiger partial charge is 0.322 e. The third kappa shape index (κ3) is 1.65. The zero-order valence-corrected chi connectivity index (χ0v) is 5.51. The average molecular weight is 147 g/mol. The molecule has 0 saturated carbocycles. The minimum Gasteiger partial charge on any atom is -0.322 e. The zero-order valence-electron chi connectivity index (χ0n) is 5.51. The van der Waals surface area contributed by atoms with Crippen LogP contribution in [0.5, 0.6) is 0 Å². The molecular weight excluding hydrogens is 137 g/mol. The Morgan fingerprint density at radius 3 is 2.80 bits per heavy atom. The molecule has 0 aliphatic carbocycles. The fraction of sp³-hybridized carbons (Fsp3) is 0.800. The van der Waals surface area contributed by atoms with Crippen molar-refractivity contribution >= 4 is 5.91 Å². The van der Waals surface area contributed by atoms with E-state index in [2.05, 4.69) is 5.43 Å². The van der Waals surface area contributed by atoms with Gasteiger partial charge in [0.1, 0.15) is 6.17 Å². The van der Waals surface area contributed by atoms with Crippen molar-refractivity contribution in [2.45, 2.75) is 6.17 Å². The molecule has 1 fully saturated rings. The number of amides is 1. The minimum absolute atomic E-state index is 0.0482. The van der Waals surface area contributed by atoms with Gasteiger partial charge in [0.2, 0.25) is 5.91 Å². The summed E-state index contributed by atoms with van der Waals surface area (Å²) in [6.07, 6.45) is -0.793. The molecule has 58 valence electrons. The monoisotopic (exact) mass is 147 g/mol. The molecule has 1 saturated heterocycles. The van der Waals surface area contributed by atoms with Crippen molar-refractivity contribution in [1.82, 2.24) is 10.4 Å². The van der Waals surface area contributed by atoms with Crippen LogP contribution < -0.4 is 11.2 Å². The van der Waals surface area contributed by atoms with E-state index in [1.54, 1.807) is 0 Å². The van der Waals surface area contributed by atoms with Crippen molar-refractivity contribution in [1.29, 1.82) is 0 Å². The molecule has 1 aliphatic heterocycles. The number of carbonyl (C=O) groups is 1. The van der Waals surface area contributed by atoms with Gasteiger partial charge in [-0.3, -0.25) is 10.2 Å². The van der Waals surface area contributed by atoms with Crippen LogP contribution in [0.1, 0.15) is 0 Å². The second-order valence-corrected chi connectivity index (χ2v) is 2.24. The number of hydrogen-bond acceptors (Lipinski definition) is 3. The van der Waals surface area contributed by atoms with Crippen LogP contribution in [0.2, 0.25) is 0 Å². The molecule has 0 atom stereocenters. The summed E-state index contributed by atoms with van der Waals surface area (Å²) in [7, 11) is 0. The van der Waals surface area contributed by atoms with Gasteiger partial charge in [-0.2, -0.15) is 0 Å². The first-order valence-electron chi connectivity index (χ1n) is 3.11. The summed E-state index contributed by atoms with van der Waals surface area (Å²) in [6, 6.07) is 0. The molecule has 0 radical (unpaired) electrons. The van der Waals surface area contributed by atoms with Gasteiger partial charge in [-0.15, -0.1) is 0 Å². The van der Waals surface area contributed by atoms with E-state index in [9.17, 15) is 9.18 Å². The Hall–Kier alpha value is -0.680. The summed E-state index contributed by atoms with van der Waals surface area (Å²) < 4.78 is 12.1. The highest BCUT2D eigenvalue weighted by atomic mass is 19.1. The molecule has 0 aromatic heterocycles. The quantitative estimate of drug-likeness (QED) is 0.506. The highest BCUT2D eigenvalue weighted by Gasteiger charge is 2.26. The van der Waals surface area contributed by atoms with Gasteiger partial charge in [0.05, 0.1) is 19.6 Å². The molecule has 1 rings (SSSR count). The summed E-state index contributed by atoms with van der Waals surface area (Å²) in [4.78, 5) is 10.5. The van der Waals surface area contributed by atoms with Gasteiger partial charge < -0.3 is 5.73 Å². The molecule has 1 aliphatic rings. The fourth-order valence-electron chi connectivity index (χ4n) is 0.738. The molecule has 1 heterocycles. The summed E-state index contributed by atoms with van der Waals surface area (Å²) in [5.41, 5.74) is 7.43. The van der Waals surface area contributed by atoms with Crippen LogP contribution in [0.15, 0.2) is 0 Å². The van der Waals surface area contributed by atoms with Crippen LogP contribution >= 0.6 is 0 Å². The first kappa shape index (κ1) is 7.43. The van der Waals surface area contributed by atoms with Gasteiger partial charge in [0.25, 0.3) is 0 Å². The van der Waals surface area contributed by atoms with Gasteiger partial charge in [0.15, 0.2) is 0 Å². The molecule has 0 unspecified atom stereocenters. The lowest BCUT2D eigenvalue weighted by molar-refractivity contribution is -0.128. The van der Waals surface area contributed by atoms with Gasteiger partial charge in [-0.1, -0.05) is 0 Å². The number of halogens is 1. The summed E-state index contributed by atoms with van der Waals surface area (Å²) in [5, 5.41) is 1.50. The van der Waals surface area contributed by atoms with Gasteiger partial charge in [-0.25, -0.2) is 9.40 Å². The maximum absolute atomic E-state index is 12.1. The van der Waals surface area contributed by atoms with E-state index in [0.29, 0.717) is 0 Å². The topological polar surface area (TPSA) is 58.4 Å². The zero-order chi connectivity index (χ0) is 7.56. The Bertz CT molecular complexity index is 135. The van der Waals surface area contributed by atoms with E-state index in [0.717, 1.165) is 0 Å². The maximum Gasteiger partial charge on any atom is 0.248 e. The molecule has 1 amide bonds. The minimum atomic E-state index is -0.793. The molecule has 0 aromatic rings. The Morgan fingerprint density at radius 1 is 1.80 bits per heavy atom. The first-order valence-corrected chi connectivity index (χ1v) is 3.11. The van der Waals surface area contributed by atoms with Crippen molar-refractivity contribution in [3.8, 4) is 0 Å². The lowest BCUT2D eigenvalue weighted by Gasteiger charge is -2.33. The predicted octanol–water partition coefficient (Wildman–Crippen LogP) is -1.37. The summed E-state index contributed by atoms with van der Waals surface area (Å²) in [6.45, 7) is 0.519. The molecule has 0 aromatic carbocycles. The molecule has 0 spiro atoms. The molecule has 10 heavy (non-hydrogen) atoms. The average Bonchev–Trinajstić information content (AvgIpc) is 1.84. The third-order valence-electron chi connectivity index (χ3n) is 1.31. The van der Waals surface area contributed by atoms with Crippen molar-refractivity contribution in [3.63, 3.8) is 0 Å². The number of nitrogens with zero attached hydrogens (tertiary/aromatic N) is 1. The number of carbonyl (C=O) groups excluding carboxylic acids is 1. The number of nitrogens with two attached hydrogens (primary N) is 1. The van der Waals surface area contributed by atoms with Crippen molar-refractivity contribution in [2.75, 3.05) is 19.6 Å². The number of alkyl halides is 1. The molecule has 3 N–H and O–H groups in total. The van der Waals surface area contributed by atoms with E-state index < -0.39 is 6.17 Å². The Morgan fingerprint density at radius 2 is 2.40 bits per heavy atom. The fourth-order valence-corrected chi connectivity index (χ4v) is 0.738. The smallest absolute Gasteiger partial charge is 0.248 e. The lowest BCUT2D eigenvalue weighted by Crippen LogP contribution is -2.58. The molecule has 4 nitrogen and oxygen atoms in total. The molecule has 0 bridgehead atoms. The van der Waals surface area contributed by atoms with E-state index in [1.807, 2.05) is 0 Å². The van der Waals surface area contributed by atoms with Crippen molar-refractivity contribution < 1.29 is 9.18 Å². The lowest BCUT2D eigenvalue weighted by atomic mass is 10.2. The second kappa shape index (κ2) is 2.94. The van der Waals surface area contributed by atoms with Crippen LogP contribution in [-0.2, 0) is 4.79 Å². The number of hydrazine groups is 1. The Labute approximate surface area is 58.1 Å². The van der Waals surface area contributed by atoms with Gasteiger partial charge in [-0.05, 0) is 0 Å². The van der Waals surface area contributed by atoms with Gasteiger partial charge >= 0.3 is 0 Å². The van der Waals surface area contributed by atoms with Crippen LogP contribution in [0.4, 0.5) is 4.39 Å². The number of rotatable bonds is 2. The second-order valence-electron chi connectivity index (χ2n) is 2.24. The van der Waals surface area contributed by atoms with E-state index in [1.165, 1.54) is 5.01 Å². The van der Waals surface area contributed by atoms with Crippen LogP contribution in [0.3, 0.4) is 0 Å². The van der Waals surface area contributed by atoms with Crippen molar-refractivity contribution in [2.24, 2.45) is 5.73 Å². The van der Waals surface area contributed by atoms with E-state index in [-0.39, 0.29) is 25.5 Å². The SMILES string of the molecule is NCC(=O)NN1CC(F)C1. The molecule has 5 heteroatoms.